The maximum absolute atomic E-state index is 12.2. The molecule has 0 aliphatic rings. The van der Waals surface area contributed by atoms with Crippen molar-refractivity contribution in [1.29, 1.82) is 0 Å². The zero-order chi connectivity index (χ0) is 15.2. The number of hydrogen-bond acceptors (Lipinski definition) is 4. The van der Waals surface area contributed by atoms with Crippen LogP contribution in [0.5, 0.6) is 0 Å². The SMILES string of the molecule is C[C@@H](CN(C)C(=O)CCc1ccccc1Cl)c1nn[nH]n1. The Morgan fingerprint density at radius 1 is 1.43 bits per heavy atom. The monoisotopic (exact) mass is 307 g/mol. The van der Waals surface area contributed by atoms with Crippen LogP contribution in [0.1, 0.15) is 30.7 Å². The van der Waals surface area contributed by atoms with E-state index in [0.717, 1.165) is 5.56 Å². The number of amides is 1. The molecule has 1 atom stereocenters. The summed E-state index contributed by atoms with van der Waals surface area (Å²) in [6.07, 6.45) is 1.07. The molecule has 21 heavy (non-hydrogen) atoms. The predicted octanol–water partition coefficient (Wildman–Crippen LogP) is 2.05. The standard InChI is InChI=1S/C14H18ClN5O/c1-10(14-16-18-19-17-14)9-20(2)13(21)8-7-11-5-3-4-6-12(11)15/h3-6,10H,7-9H2,1-2H3,(H,16,17,18,19)/t10-/m0/s1. The van der Waals surface area contributed by atoms with E-state index in [1.807, 2.05) is 31.2 Å². The number of tetrazole rings is 1. The van der Waals surface area contributed by atoms with E-state index in [1.165, 1.54) is 0 Å². The molecule has 0 radical (unpaired) electrons. The number of halogens is 1. The fourth-order valence-corrected chi connectivity index (χ4v) is 2.34. The first kappa shape index (κ1) is 15.4. The predicted molar refractivity (Wildman–Crippen MR) is 80.0 cm³/mol. The fourth-order valence-electron chi connectivity index (χ4n) is 2.11. The van der Waals surface area contributed by atoms with E-state index in [2.05, 4.69) is 20.6 Å². The number of rotatable bonds is 6. The number of aryl methyl sites for hydroxylation is 1. The molecule has 0 bridgehead atoms. The second-order valence-corrected chi connectivity index (χ2v) is 5.44. The molecule has 0 aliphatic heterocycles. The van der Waals surface area contributed by atoms with Crippen LogP contribution in [0.2, 0.25) is 5.02 Å². The summed E-state index contributed by atoms with van der Waals surface area (Å²) in [6.45, 7) is 2.52. The minimum atomic E-state index is 0.0398. The summed E-state index contributed by atoms with van der Waals surface area (Å²) in [7, 11) is 1.78. The maximum atomic E-state index is 12.2. The lowest BCUT2D eigenvalue weighted by Gasteiger charge is -2.20. The largest absolute Gasteiger partial charge is 0.345 e. The summed E-state index contributed by atoms with van der Waals surface area (Å²) >= 11 is 6.09. The average Bonchev–Trinajstić information content (AvgIpc) is 3.00. The van der Waals surface area contributed by atoms with Crippen LogP contribution in [0, 0.1) is 0 Å². The van der Waals surface area contributed by atoms with Gasteiger partial charge in [-0.15, -0.1) is 10.2 Å². The number of nitrogens with one attached hydrogen (secondary N) is 1. The number of aromatic amines is 1. The molecule has 2 rings (SSSR count). The van der Waals surface area contributed by atoms with Crippen LogP contribution in [0.15, 0.2) is 24.3 Å². The molecular formula is C14H18ClN5O. The molecule has 2 aromatic rings. The molecule has 1 aromatic carbocycles. The van der Waals surface area contributed by atoms with Gasteiger partial charge in [-0.1, -0.05) is 41.9 Å². The van der Waals surface area contributed by atoms with Crippen LogP contribution in [0.25, 0.3) is 0 Å². The molecule has 7 heteroatoms. The van der Waals surface area contributed by atoms with Crippen molar-refractivity contribution >= 4 is 17.5 Å². The van der Waals surface area contributed by atoms with Gasteiger partial charge in [0.15, 0.2) is 5.82 Å². The number of nitrogens with zero attached hydrogens (tertiary/aromatic N) is 4. The lowest BCUT2D eigenvalue weighted by atomic mass is 10.1. The molecule has 6 nitrogen and oxygen atoms in total. The highest BCUT2D eigenvalue weighted by Gasteiger charge is 2.16. The van der Waals surface area contributed by atoms with E-state index in [9.17, 15) is 4.79 Å². The first-order chi connectivity index (χ1) is 10.1. The summed E-state index contributed by atoms with van der Waals surface area (Å²) in [4.78, 5) is 13.8. The van der Waals surface area contributed by atoms with E-state index >= 15 is 0 Å². The molecule has 0 saturated heterocycles. The number of carbonyl (C=O) groups excluding carboxylic acids is 1. The molecule has 112 valence electrons. The highest BCUT2D eigenvalue weighted by Crippen LogP contribution is 2.17. The minimum Gasteiger partial charge on any atom is -0.345 e. The molecule has 1 heterocycles. The fraction of sp³-hybridized carbons (Fsp3) is 0.429. The molecule has 0 fully saturated rings. The average molecular weight is 308 g/mol. The van der Waals surface area contributed by atoms with Gasteiger partial charge < -0.3 is 4.90 Å². The van der Waals surface area contributed by atoms with Crippen LogP contribution in [0.4, 0.5) is 0 Å². The highest BCUT2D eigenvalue weighted by atomic mass is 35.5. The first-order valence-electron chi connectivity index (χ1n) is 6.78. The Kier molecular flexibility index (Phi) is 5.27. The maximum Gasteiger partial charge on any atom is 0.222 e. The zero-order valence-electron chi connectivity index (χ0n) is 12.1. The summed E-state index contributed by atoms with van der Waals surface area (Å²) in [5, 5.41) is 14.5. The van der Waals surface area contributed by atoms with Gasteiger partial charge in [-0.2, -0.15) is 5.21 Å². The number of aromatic nitrogens is 4. The van der Waals surface area contributed by atoms with Gasteiger partial charge in [0.2, 0.25) is 5.91 Å². The minimum absolute atomic E-state index is 0.0398. The van der Waals surface area contributed by atoms with Gasteiger partial charge in [0.1, 0.15) is 0 Å². The first-order valence-corrected chi connectivity index (χ1v) is 7.16. The second kappa shape index (κ2) is 7.17. The third kappa shape index (κ3) is 4.26. The van der Waals surface area contributed by atoms with Gasteiger partial charge in [-0.05, 0) is 18.1 Å². The second-order valence-electron chi connectivity index (χ2n) is 5.04. The van der Waals surface area contributed by atoms with Crippen molar-refractivity contribution in [3.63, 3.8) is 0 Å². The Morgan fingerprint density at radius 3 is 2.86 bits per heavy atom. The Hall–Kier alpha value is -1.95. The number of likely N-dealkylation sites (N-methyl/N-ethyl adjacent to an activating group) is 1. The Labute approximate surface area is 128 Å². The smallest absolute Gasteiger partial charge is 0.222 e. The van der Waals surface area contributed by atoms with Gasteiger partial charge in [0.05, 0.1) is 0 Å². The van der Waals surface area contributed by atoms with Crippen molar-refractivity contribution in [3.8, 4) is 0 Å². The van der Waals surface area contributed by atoms with Crippen molar-refractivity contribution in [1.82, 2.24) is 25.5 Å². The van der Waals surface area contributed by atoms with Gasteiger partial charge in [0.25, 0.3) is 0 Å². The Bertz CT molecular complexity index is 587. The molecule has 1 aromatic heterocycles. The van der Waals surface area contributed by atoms with Gasteiger partial charge >= 0.3 is 0 Å². The molecular weight excluding hydrogens is 290 g/mol. The molecule has 0 spiro atoms. The lowest BCUT2D eigenvalue weighted by Crippen LogP contribution is -2.30. The summed E-state index contributed by atoms with van der Waals surface area (Å²) in [5.41, 5.74) is 0.993. The quantitative estimate of drug-likeness (QED) is 0.886. The number of carbonyl (C=O) groups is 1. The van der Waals surface area contributed by atoms with Crippen molar-refractivity contribution in [2.75, 3.05) is 13.6 Å². The van der Waals surface area contributed by atoms with Crippen LogP contribution >= 0.6 is 11.6 Å². The van der Waals surface area contributed by atoms with Crippen molar-refractivity contribution in [2.45, 2.75) is 25.7 Å². The van der Waals surface area contributed by atoms with E-state index in [4.69, 9.17) is 11.6 Å². The summed E-state index contributed by atoms with van der Waals surface area (Å²) in [6, 6.07) is 7.58. The topological polar surface area (TPSA) is 74.8 Å². The Balaban J connectivity index is 1.84. The molecule has 1 N–H and O–H groups in total. The zero-order valence-corrected chi connectivity index (χ0v) is 12.8. The normalized spacial score (nSPS) is 12.1. The van der Waals surface area contributed by atoms with E-state index in [-0.39, 0.29) is 11.8 Å². The number of H-pyrrole nitrogens is 1. The highest BCUT2D eigenvalue weighted by molar-refractivity contribution is 6.31. The van der Waals surface area contributed by atoms with Crippen LogP contribution in [0.3, 0.4) is 0 Å². The van der Waals surface area contributed by atoms with E-state index in [0.29, 0.717) is 30.2 Å². The third-order valence-electron chi connectivity index (χ3n) is 3.34. The number of benzene rings is 1. The molecule has 0 unspecified atom stereocenters. The Morgan fingerprint density at radius 2 is 2.19 bits per heavy atom. The molecule has 0 aliphatic carbocycles. The van der Waals surface area contributed by atoms with Crippen molar-refractivity contribution < 1.29 is 4.79 Å². The van der Waals surface area contributed by atoms with Crippen LogP contribution in [-0.2, 0) is 11.2 Å². The van der Waals surface area contributed by atoms with Crippen molar-refractivity contribution in [3.05, 3.63) is 40.7 Å². The summed E-state index contributed by atoms with van der Waals surface area (Å²) in [5.74, 6) is 0.726. The van der Waals surface area contributed by atoms with E-state index < -0.39 is 0 Å². The molecule has 0 saturated carbocycles. The van der Waals surface area contributed by atoms with Gasteiger partial charge in [0, 0.05) is 31.0 Å². The number of hydrogen-bond donors (Lipinski definition) is 1. The van der Waals surface area contributed by atoms with Gasteiger partial charge in [-0.3, -0.25) is 4.79 Å². The lowest BCUT2D eigenvalue weighted by molar-refractivity contribution is -0.130. The van der Waals surface area contributed by atoms with Crippen LogP contribution < -0.4 is 0 Å². The summed E-state index contributed by atoms with van der Waals surface area (Å²) < 4.78 is 0. The van der Waals surface area contributed by atoms with Crippen molar-refractivity contribution in [2.24, 2.45) is 0 Å². The van der Waals surface area contributed by atoms with Gasteiger partial charge in [-0.25, -0.2) is 0 Å². The molecule has 1 amide bonds. The third-order valence-corrected chi connectivity index (χ3v) is 3.71. The van der Waals surface area contributed by atoms with E-state index in [1.54, 1.807) is 11.9 Å². The van der Waals surface area contributed by atoms with Crippen LogP contribution in [-0.4, -0.2) is 45.0 Å².